The smallest absolute Gasteiger partial charge is 0.276 e. The molecule has 33 heavy (non-hydrogen) atoms. The molecule has 10 nitrogen and oxygen atoms in total. The quantitative estimate of drug-likeness (QED) is 0.504. The Labute approximate surface area is 190 Å². The molecule has 0 atom stereocenters. The molecule has 0 spiro atoms. The van der Waals surface area contributed by atoms with Gasteiger partial charge in [0, 0.05) is 38.4 Å². The molecule has 1 aliphatic rings. The van der Waals surface area contributed by atoms with Crippen LogP contribution < -0.4 is 10.2 Å². The van der Waals surface area contributed by atoms with Gasteiger partial charge in [0.2, 0.25) is 0 Å². The zero-order valence-electron chi connectivity index (χ0n) is 18.2. The molecule has 1 amide bonds. The number of para-hydroxylation sites is 1. The third-order valence-corrected chi connectivity index (χ3v) is 5.33. The number of benzene rings is 1. The van der Waals surface area contributed by atoms with Crippen molar-refractivity contribution in [2.24, 2.45) is 0 Å². The van der Waals surface area contributed by atoms with Crippen LogP contribution in [-0.2, 0) is 0 Å². The minimum absolute atomic E-state index is 0.117. The van der Waals surface area contributed by atoms with Crippen molar-refractivity contribution in [3.8, 4) is 5.69 Å². The molecule has 1 saturated heterocycles. The average molecular weight is 441 g/mol. The summed E-state index contributed by atoms with van der Waals surface area (Å²) in [4.78, 5) is 31.7. The molecule has 0 saturated carbocycles. The summed E-state index contributed by atoms with van der Waals surface area (Å²) in [5, 5.41) is 11.8. The van der Waals surface area contributed by atoms with Crippen LogP contribution in [0.3, 0.4) is 0 Å². The zero-order valence-corrected chi connectivity index (χ0v) is 18.2. The number of nitrogens with one attached hydrogen (secondary N) is 1. The molecular weight excluding hydrogens is 418 g/mol. The van der Waals surface area contributed by atoms with Crippen LogP contribution in [0.25, 0.3) is 5.69 Å². The van der Waals surface area contributed by atoms with Crippen LogP contribution in [0.4, 0.5) is 17.5 Å². The second-order valence-corrected chi connectivity index (χ2v) is 7.63. The fourth-order valence-electron chi connectivity index (χ4n) is 3.69. The summed E-state index contributed by atoms with van der Waals surface area (Å²) < 4.78 is 0. The van der Waals surface area contributed by atoms with Gasteiger partial charge in [0.15, 0.2) is 5.69 Å². The highest BCUT2D eigenvalue weighted by Crippen LogP contribution is 2.20. The molecule has 4 heterocycles. The summed E-state index contributed by atoms with van der Waals surface area (Å²) in [6.07, 6.45) is 3.25. The summed E-state index contributed by atoms with van der Waals surface area (Å²) in [5.41, 5.74) is 1.16. The van der Waals surface area contributed by atoms with Gasteiger partial charge in [-0.05, 0) is 31.2 Å². The lowest BCUT2D eigenvalue weighted by Gasteiger charge is -2.35. The van der Waals surface area contributed by atoms with E-state index in [1.54, 1.807) is 11.1 Å². The van der Waals surface area contributed by atoms with Crippen LogP contribution >= 0.6 is 0 Å². The van der Waals surface area contributed by atoms with E-state index in [1.807, 2.05) is 61.5 Å². The lowest BCUT2D eigenvalue weighted by molar-refractivity contribution is 0.0740. The van der Waals surface area contributed by atoms with E-state index in [4.69, 9.17) is 0 Å². The normalized spacial score (nSPS) is 13.7. The first-order valence-electron chi connectivity index (χ1n) is 10.7. The number of anilines is 3. The van der Waals surface area contributed by atoms with Gasteiger partial charge in [-0.2, -0.15) is 9.90 Å². The van der Waals surface area contributed by atoms with Crippen molar-refractivity contribution in [3.63, 3.8) is 0 Å². The van der Waals surface area contributed by atoms with Gasteiger partial charge in [-0.15, -0.1) is 5.10 Å². The number of amides is 1. The lowest BCUT2D eigenvalue weighted by Crippen LogP contribution is -2.49. The van der Waals surface area contributed by atoms with Gasteiger partial charge in [-0.3, -0.25) is 4.79 Å². The van der Waals surface area contributed by atoms with E-state index >= 15 is 0 Å². The molecule has 0 aliphatic carbocycles. The summed E-state index contributed by atoms with van der Waals surface area (Å²) in [6, 6.07) is 17.1. The van der Waals surface area contributed by atoms with Crippen LogP contribution in [0.15, 0.2) is 67.0 Å². The number of carbonyl (C=O) groups is 1. The number of hydrogen-bond donors (Lipinski definition) is 1. The SMILES string of the molecule is Cc1nc(Nc2ccccn2)cc(N2CCN(C(=O)c3cnn(-c4ccccc4)n3)CC2)n1. The summed E-state index contributed by atoms with van der Waals surface area (Å²) >= 11 is 0. The first kappa shape index (κ1) is 20.6. The first-order valence-corrected chi connectivity index (χ1v) is 10.7. The molecule has 0 radical (unpaired) electrons. The molecule has 5 rings (SSSR count). The van der Waals surface area contributed by atoms with Crippen LogP contribution in [0.2, 0.25) is 0 Å². The van der Waals surface area contributed by atoms with Crippen molar-refractivity contribution >= 4 is 23.4 Å². The summed E-state index contributed by atoms with van der Waals surface area (Å²) in [7, 11) is 0. The molecule has 166 valence electrons. The Balaban J connectivity index is 1.24. The Morgan fingerprint density at radius 1 is 0.939 bits per heavy atom. The lowest BCUT2D eigenvalue weighted by atomic mass is 10.2. The zero-order chi connectivity index (χ0) is 22.6. The maximum atomic E-state index is 12.9. The predicted octanol–water partition coefficient (Wildman–Crippen LogP) is 2.47. The number of nitrogens with zero attached hydrogens (tertiary/aromatic N) is 8. The number of aromatic nitrogens is 6. The maximum Gasteiger partial charge on any atom is 0.276 e. The third kappa shape index (κ3) is 4.64. The van der Waals surface area contributed by atoms with Crippen LogP contribution in [0.5, 0.6) is 0 Å². The molecule has 0 bridgehead atoms. The Hall–Kier alpha value is -4.34. The predicted molar refractivity (Wildman–Crippen MR) is 124 cm³/mol. The molecule has 1 N–H and O–H groups in total. The fourth-order valence-corrected chi connectivity index (χ4v) is 3.69. The number of carbonyl (C=O) groups excluding carboxylic acids is 1. The highest BCUT2D eigenvalue weighted by atomic mass is 16.2. The van der Waals surface area contributed by atoms with Crippen LogP contribution in [0.1, 0.15) is 16.3 Å². The Bertz CT molecular complexity index is 1240. The molecule has 1 aliphatic heterocycles. The summed E-state index contributed by atoms with van der Waals surface area (Å²) in [5.74, 6) is 2.78. The van der Waals surface area contributed by atoms with Crippen molar-refractivity contribution in [3.05, 3.63) is 78.5 Å². The van der Waals surface area contributed by atoms with Gasteiger partial charge in [0.25, 0.3) is 5.91 Å². The molecule has 1 aromatic carbocycles. The highest BCUT2D eigenvalue weighted by Gasteiger charge is 2.25. The maximum absolute atomic E-state index is 12.9. The van der Waals surface area contributed by atoms with Gasteiger partial charge in [0.1, 0.15) is 23.3 Å². The van der Waals surface area contributed by atoms with Crippen molar-refractivity contribution in [1.82, 2.24) is 34.8 Å². The van der Waals surface area contributed by atoms with Crippen molar-refractivity contribution < 1.29 is 4.79 Å². The second-order valence-electron chi connectivity index (χ2n) is 7.63. The molecule has 1 fully saturated rings. The van der Waals surface area contributed by atoms with Crippen LogP contribution in [0, 0.1) is 6.92 Å². The van der Waals surface area contributed by atoms with Gasteiger partial charge >= 0.3 is 0 Å². The van der Waals surface area contributed by atoms with E-state index in [9.17, 15) is 4.79 Å². The first-order chi connectivity index (χ1) is 16.2. The number of rotatable bonds is 5. The van der Waals surface area contributed by atoms with Crippen molar-refractivity contribution in [2.45, 2.75) is 6.92 Å². The van der Waals surface area contributed by atoms with E-state index in [1.165, 1.54) is 11.0 Å². The van der Waals surface area contributed by atoms with E-state index in [2.05, 4.69) is 35.4 Å². The highest BCUT2D eigenvalue weighted by molar-refractivity contribution is 5.92. The molecular formula is C23H23N9O. The minimum atomic E-state index is -0.117. The topological polar surface area (TPSA) is 105 Å². The monoisotopic (exact) mass is 441 g/mol. The number of hydrogen-bond acceptors (Lipinski definition) is 8. The number of piperazine rings is 1. The van der Waals surface area contributed by atoms with E-state index in [-0.39, 0.29) is 5.91 Å². The minimum Gasteiger partial charge on any atom is -0.353 e. The average Bonchev–Trinajstić information content (AvgIpc) is 3.35. The van der Waals surface area contributed by atoms with E-state index < -0.39 is 0 Å². The Morgan fingerprint density at radius 2 is 1.73 bits per heavy atom. The second kappa shape index (κ2) is 9.03. The molecule has 4 aromatic rings. The van der Waals surface area contributed by atoms with Crippen molar-refractivity contribution in [2.75, 3.05) is 36.4 Å². The van der Waals surface area contributed by atoms with Gasteiger partial charge in [0.05, 0.1) is 11.9 Å². The van der Waals surface area contributed by atoms with E-state index in [0.717, 1.165) is 17.3 Å². The molecule has 10 heteroatoms. The largest absolute Gasteiger partial charge is 0.353 e. The Kier molecular flexibility index (Phi) is 5.62. The third-order valence-electron chi connectivity index (χ3n) is 5.33. The van der Waals surface area contributed by atoms with Gasteiger partial charge < -0.3 is 15.1 Å². The number of pyridine rings is 1. The van der Waals surface area contributed by atoms with Crippen LogP contribution in [-0.4, -0.2) is 66.9 Å². The van der Waals surface area contributed by atoms with E-state index in [0.29, 0.717) is 43.5 Å². The molecule has 3 aromatic heterocycles. The van der Waals surface area contributed by atoms with Gasteiger partial charge in [-0.25, -0.2) is 15.0 Å². The molecule has 0 unspecified atom stereocenters. The summed E-state index contributed by atoms with van der Waals surface area (Å²) in [6.45, 7) is 4.34. The fraction of sp³-hybridized carbons (Fsp3) is 0.217. The van der Waals surface area contributed by atoms with Crippen molar-refractivity contribution in [1.29, 1.82) is 0 Å². The number of aryl methyl sites for hydroxylation is 1. The standard InChI is InChI=1S/C23H23N9O/c1-17-26-21(28-20-9-5-6-10-24-20)15-22(27-17)30-11-13-31(14-12-30)23(33)19-16-25-32(29-19)18-7-3-2-4-8-18/h2-10,15-16H,11-14H2,1H3,(H,24,26,27,28). The Morgan fingerprint density at radius 3 is 2.48 bits per heavy atom. The van der Waals surface area contributed by atoms with Gasteiger partial charge in [-0.1, -0.05) is 24.3 Å².